The number of rotatable bonds is 2. The molecule has 2 aromatic heterocycles. The van der Waals surface area contributed by atoms with E-state index in [1.165, 1.54) is 22.8 Å². The quantitative estimate of drug-likeness (QED) is 0.330. The molecule has 0 bridgehead atoms. The van der Waals surface area contributed by atoms with Gasteiger partial charge in [0.25, 0.3) is 0 Å². The van der Waals surface area contributed by atoms with Gasteiger partial charge >= 0.3 is 0 Å². The zero-order valence-corrected chi connectivity index (χ0v) is 13.1. The third-order valence-electron chi connectivity index (χ3n) is 3.21. The maximum absolute atomic E-state index is 4.98. The van der Waals surface area contributed by atoms with Gasteiger partial charge in [-0.25, -0.2) is 15.8 Å². The van der Waals surface area contributed by atoms with E-state index >= 15 is 0 Å². The van der Waals surface area contributed by atoms with E-state index in [1.807, 2.05) is 19.1 Å². The van der Waals surface area contributed by atoms with Gasteiger partial charge in [-0.3, -0.25) is 0 Å². The largest absolute Gasteiger partial charge is 0.351 e. The number of hydrogen-bond acceptors (Lipinski definition) is 3. The number of pyridine rings is 1. The third-order valence-corrected chi connectivity index (χ3v) is 3.21. The highest BCUT2D eigenvalue weighted by atomic mass is 15.2. The van der Waals surface area contributed by atoms with Gasteiger partial charge in [0.15, 0.2) is 5.82 Å². The number of benzene rings is 1. The van der Waals surface area contributed by atoms with Gasteiger partial charge in [-0.05, 0) is 49.1 Å². The lowest BCUT2D eigenvalue weighted by Crippen LogP contribution is -2.18. The van der Waals surface area contributed by atoms with Gasteiger partial charge in [0.2, 0.25) is 0 Å². The Bertz CT molecular complexity index is 756. The van der Waals surface area contributed by atoms with E-state index in [1.54, 1.807) is 6.20 Å². The number of aromatic nitrogens is 2. The summed E-state index contributed by atoms with van der Waals surface area (Å²) in [6.45, 7) is 4.09. The van der Waals surface area contributed by atoms with Crippen molar-refractivity contribution >= 4 is 23.1 Å². The summed E-state index contributed by atoms with van der Waals surface area (Å²) < 4.78 is 2.13. The number of aliphatic imine (C=N–C) groups is 1. The van der Waals surface area contributed by atoms with Crippen molar-refractivity contribution in [2.45, 2.75) is 13.8 Å². The van der Waals surface area contributed by atoms with Crippen LogP contribution in [0.25, 0.3) is 10.9 Å². The van der Waals surface area contributed by atoms with Crippen LogP contribution in [0.3, 0.4) is 0 Å². The monoisotopic (exact) mass is 295 g/mol. The van der Waals surface area contributed by atoms with E-state index in [-0.39, 0.29) is 0 Å². The van der Waals surface area contributed by atoms with Crippen LogP contribution in [0.15, 0.2) is 53.8 Å². The number of nitrogens with one attached hydrogen (secondary N) is 1. The van der Waals surface area contributed by atoms with Crippen LogP contribution in [0.4, 0.5) is 5.82 Å². The van der Waals surface area contributed by atoms with E-state index in [4.69, 9.17) is 5.84 Å². The molecule has 0 saturated carbocycles. The molecule has 0 amide bonds. The topological polar surface area (TPSA) is 68.2 Å². The van der Waals surface area contributed by atoms with E-state index in [0.29, 0.717) is 5.82 Å². The fourth-order valence-corrected chi connectivity index (χ4v) is 2.04. The molecule has 0 saturated heterocycles. The Hall–Kier alpha value is -2.66. The average molecular weight is 295 g/mol. The summed E-state index contributed by atoms with van der Waals surface area (Å²) >= 11 is 0. The third kappa shape index (κ3) is 4.17. The molecule has 0 fully saturated rings. The van der Waals surface area contributed by atoms with Crippen molar-refractivity contribution in [2.24, 2.45) is 17.9 Å². The molecule has 3 rings (SSSR count). The zero-order valence-electron chi connectivity index (χ0n) is 13.1. The molecular formula is C17H21N5. The average Bonchev–Trinajstić information content (AvgIpc) is 2.88. The first-order valence-electron chi connectivity index (χ1n) is 7.03. The summed E-state index contributed by atoms with van der Waals surface area (Å²) in [4.78, 5) is 7.92. The van der Waals surface area contributed by atoms with Crippen LogP contribution in [-0.4, -0.2) is 15.9 Å². The summed E-state index contributed by atoms with van der Waals surface area (Å²) in [7, 11) is 2.07. The second-order valence-corrected chi connectivity index (χ2v) is 5.11. The van der Waals surface area contributed by atoms with Crippen LogP contribution in [0, 0.1) is 13.8 Å². The van der Waals surface area contributed by atoms with Gasteiger partial charge in [0.05, 0.1) is 0 Å². The second kappa shape index (κ2) is 7.38. The lowest BCUT2D eigenvalue weighted by molar-refractivity contribution is 0.969. The minimum Gasteiger partial charge on any atom is -0.351 e. The van der Waals surface area contributed by atoms with E-state index in [9.17, 15) is 0 Å². The van der Waals surface area contributed by atoms with Crippen molar-refractivity contribution in [3.05, 3.63) is 59.9 Å². The first kappa shape index (κ1) is 15.7. The van der Waals surface area contributed by atoms with Crippen LogP contribution in [0.5, 0.6) is 0 Å². The molecule has 0 aliphatic carbocycles. The maximum Gasteiger partial charge on any atom is 0.153 e. The van der Waals surface area contributed by atoms with Crippen LogP contribution in [0.2, 0.25) is 0 Å². The van der Waals surface area contributed by atoms with Gasteiger partial charge < -0.3 is 9.99 Å². The molecule has 0 radical (unpaired) electrons. The number of hydrazine groups is 1. The smallest absolute Gasteiger partial charge is 0.153 e. The molecule has 114 valence electrons. The van der Waals surface area contributed by atoms with Crippen molar-refractivity contribution in [3.8, 4) is 0 Å². The van der Waals surface area contributed by atoms with Gasteiger partial charge in [0.1, 0.15) is 6.34 Å². The fourth-order valence-electron chi connectivity index (χ4n) is 2.04. The lowest BCUT2D eigenvalue weighted by Gasteiger charge is -1.95. The molecule has 0 aliphatic rings. The van der Waals surface area contributed by atoms with Crippen LogP contribution >= 0.6 is 0 Å². The Labute approximate surface area is 130 Å². The molecule has 0 unspecified atom stereocenters. The van der Waals surface area contributed by atoms with Gasteiger partial charge in [-0.1, -0.05) is 17.7 Å². The van der Waals surface area contributed by atoms with Crippen LogP contribution in [-0.2, 0) is 7.05 Å². The lowest BCUT2D eigenvalue weighted by atomic mass is 10.2. The van der Waals surface area contributed by atoms with Gasteiger partial charge in [-0.2, -0.15) is 0 Å². The Morgan fingerprint density at radius 1 is 1.14 bits per heavy atom. The number of hydrogen-bond donors (Lipinski definition) is 2. The predicted octanol–water partition coefficient (Wildman–Crippen LogP) is 3.00. The van der Waals surface area contributed by atoms with Crippen molar-refractivity contribution in [1.29, 1.82) is 0 Å². The Kier molecular flexibility index (Phi) is 5.27. The number of nitrogens with zero attached hydrogens (tertiary/aromatic N) is 3. The molecule has 3 N–H and O–H groups in total. The summed E-state index contributed by atoms with van der Waals surface area (Å²) in [5.41, 5.74) is 6.04. The standard InChI is InChI=1S/C10H11N.C7H10N4/c1-8-3-4-10-9(7-8)5-6-11(10)2;1-6-2-3-7(9-4-6)10-5-11-8/h3-7H,1-2H3;2-5H,8H2,1H3,(H,9,10,11). The molecule has 22 heavy (non-hydrogen) atoms. The fraction of sp³-hybridized carbons (Fsp3) is 0.176. The normalized spacial score (nSPS) is 10.5. The number of nitrogens with two attached hydrogens (primary N) is 1. The molecular weight excluding hydrogens is 274 g/mol. The minimum atomic E-state index is 0.647. The van der Waals surface area contributed by atoms with Crippen molar-refractivity contribution < 1.29 is 0 Å². The van der Waals surface area contributed by atoms with E-state index in [2.05, 4.69) is 64.4 Å². The molecule has 0 spiro atoms. The van der Waals surface area contributed by atoms with Gasteiger partial charge in [-0.15, -0.1) is 0 Å². The van der Waals surface area contributed by atoms with E-state index < -0.39 is 0 Å². The van der Waals surface area contributed by atoms with Crippen molar-refractivity contribution in [1.82, 2.24) is 15.0 Å². The highest BCUT2D eigenvalue weighted by Gasteiger charge is 1.95. The van der Waals surface area contributed by atoms with Crippen LogP contribution in [0.1, 0.15) is 11.1 Å². The highest BCUT2D eigenvalue weighted by molar-refractivity contribution is 5.80. The Morgan fingerprint density at radius 2 is 1.91 bits per heavy atom. The van der Waals surface area contributed by atoms with Crippen LogP contribution < -0.4 is 11.3 Å². The Balaban J connectivity index is 0.000000160. The van der Waals surface area contributed by atoms with Crippen molar-refractivity contribution in [3.63, 3.8) is 0 Å². The predicted molar refractivity (Wildman–Crippen MR) is 92.1 cm³/mol. The van der Waals surface area contributed by atoms with Crippen molar-refractivity contribution in [2.75, 3.05) is 0 Å². The zero-order chi connectivity index (χ0) is 15.9. The SMILES string of the molecule is Cc1ccc(N=CNN)nc1.Cc1ccc2c(ccn2C)c1. The molecule has 5 heteroatoms. The van der Waals surface area contributed by atoms with E-state index in [0.717, 1.165) is 5.56 Å². The second-order valence-electron chi connectivity index (χ2n) is 5.11. The summed E-state index contributed by atoms with van der Waals surface area (Å²) in [6, 6.07) is 12.4. The molecule has 5 nitrogen and oxygen atoms in total. The minimum absolute atomic E-state index is 0.647. The first-order valence-corrected chi connectivity index (χ1v) is 7.03. The number of fused-ring (bicyclic) bond motifs is 1. The Morgan fingerprint density at radius 3 is 2.59 bits per heavy atom. The van der Waals surface area contributed by atoms with Gasteiger partial charge in [0, 0.05) is 25.0 Å². The molecule has 1 aromatic carbocycles. The summed E-state index contributed by atoms with van der Waals surface area (Å²) in [6.07, 6.45) is 5.23. The molecule has 0 atom stereocenters. The molecule has 0 aliphatic heterocycles. The maximum atomic E-state index is 4.98. The number of aryl methyl sites for hydroxylation is 3. The summed E-state index contributed by atoms with van der Waals surface area (Å²) in [5.74, 6) is 5.63. The molecule has 3 aromatic rings. The molecule has 2 heterocycles. The first-order chi connectivity index (χ1) is 10.6. The highest BCUT2D eigenvalue weighted by Crippen LogP contribution is 2.15. The summed E-state index contributed by atoms with van der Waals surface area (Å²) in [5, 5.41) is 1.33.